The van der Waals surface area contributed by atoms with Crippen molar-refractivity contribution in [1.82, 2.24) is 9.78 Å². The number of hydrogen-bond donors (Lipinski definition) is 1. The summed E-state index contributed by atoms with van der Waals surface area (Å²) in [5.41, 5.74) is 11.1. The van der Waals surface area contributed by atoms with Crippen LogP contribution in [-0.2, 0) is 12.6 Å². The number of nitrogens with zero attached hydrogens (tertiary/aromatic N) is 2. The van der Waals surface area contributed by atoms with E-state index in [1.165, 1.54) is 0 Å². The molecule has 0 spiro atoms. The first kappa shape index (κ1) is 19.0. The summed E-state index contributed by atoms with van der Waals surface area (Å²) in [4.78, 5) is 13.8. The molecule has 1 saturated carbocycles. The van der Waals surface area contributed by atoms with E-state index in [1.54, 1.807) is 10.9 Å². The minimum absolute atomic E-state index is 0.0466. The van der Waals surface area contributed by atoms with E-state index in [-0.39, 0.29) is 11.0 Å². The topological polar surface area (TPSA) is 74.1 Å². The normalized spacial score (nSPS) is 15.2. The Balaban J connectivity index is 1.64. The van der Waals surface area contributed by atoms with Gasteiger partial charge in [0.05, 0.1) is 28.0 Å². The molecule has 5 aromatic rings. The van der Waals surface area contributed by atoms with Crippen molar-refractivity contribution in [2.75, 3.05) is 0 Å². The summed E-state index contributed by atoms with van der Waals surface area (Å²) >= 11 is 0. The van der Waals surface area contributed by atoms with Gasteiger partial charge in [0.15, 0.2) is 0 Å². The highest BCUT2D eigenvalue weighted by Crippen LogP contribution is 2.40. The molecule has 5 heteroatoms. The fraction of sp³-hybridized carbons (Fsp3) is 0.185. The molecule has 2 heterocycles. The monoisotopic (exact) mass is 421 g/mol. The van der Waals surface area contributed by atoms with E-state index in [2.05, 4.69) is 17.2 Å². The third-order valence-electron chi connectivity index (χ3n) is 6.81. The molecular formula is C27H23N3O2. The maximum absolute atomic E-state index is 13.8. The minimum atomic E-state index is -0.235. The Bertz CT molecular complexity index is 1530. The first-order valence-corrected chi connectivity index (χ1v) is 10.9. The highest BCUT2D eigenvalue weighted by Gasteiger charge is 2.34. The largest absolute Gasteiger partial charge is 0.454 e. The fourth-order valence-electron chi connectivity index (χ4n) is 4.75. The van der Waals surface area contributed by atoms with Crippen LogP contribution < -0.4 is 11.2 Å². The lowest BCUT2D eigenvalue weighted by Crippen LogP contribution is -2.43. The molecule has 0 unspecified atom stereocenters. The zero-order chi connectivity index (χ0) is 21.9. The lowest BCUT2D eigenvalue weighted by molar-refractivity contribution is 0.253. The van der Waals surface area contributed by atoms with Crippen molar-refractivity contribution in [3.8, 4) is 22.5 Å². The van der Waals surface area contributed by atoms with Crippen LogP contribution in [0.15, 0.2) is 82.1 Å². The molecule has 1 fully saturated rings. The van der Waals surface area contributed by atoms with Crippen LogP contribution in [0.5, 0.6) is 0 Å². The average molecular weight is 422 g/mol. The third-order valence-corrected chi connectivity index (χ3v) is 6.81. The van der Waals surface area contributed by atoms with Crippen molar-refractivity contribution in [2.45, 2.75) is 24.8 Å². The van der Waals surface area contributed by atoms with Gasteiger partial charge in [0.2, 0.25) is 5.43 Å². The highest BCUT2D eigenvalue weighted by atomic mass is 16.3. The Labute approximate surface area is 185 Å². The zero-order valence-corrected chi connectivity index (χ0v) is 17.8. The molecule has 158 valence electrons. The van der Waals surface area contributed by atoms with Gasteiger partial charge < -0.3 is 10.2 Å². The predicted octanol–water partition coefficient (Wildman–Crippen LogP) is 5.35. The zero-order valence-electron chi connectivity index (χ0n) is 17.8. The predicted molar refractivity (Wildman–Crippen MR) is 127 cm³/mol. The van der Waals surface area contributed by atoms with Gasteiger partial charge in [0, 0.05) is 18.2 Å². The van der Waals surface area contributed by atoms with Crippen LogP contribution >= 0.6 is 0 Å². The maximum Gasteiger partial charge on any atom is 0.201 e. The van der Waals surface area contributed by atoms with E-state index in [0.717, 1.165) is 46.9 Å². The molecule has 5 nitrogen and oxygen atoms in total. The van der Waals surface area contributed by atoms with Crippen LogP contribution in [0.4, 0.5) is 0 Å². The SMILES string of the molecule is Cn1ncc2c3oc(-c4ccccc4)c(-c4ccc(C5(N)CCC5)cc4)c(=O)c3ccc21. The van der Waals surface area contributed by atoms with E-state index >= 15 is 0 Å². The summed E-state index contributed by atoms with van der Waals surface area (Å²) in [5, 5.41) is 5.73. The third kappa shape index (κ3) is 2.75. The number of aromatic nitrogens is 2. The quantitative estimate of drug-likeness (QED) is 0.426. The number of nitrogens with two attached hydrogens (primary N) is 1. The van der Waals surface area contributed by atoms with Crippen LogP contribution in [0.25, 0.3) is 44.3 Å². The van der Waals surface area contributed by atoms with Crippen molar-refractivity contribution in [2.24, 2.45) is 12.8 Å². The fourth-order valence-corrected chi connectivity index (χ4v) is 4.75. The van der Waals surface area contributed by atoms with Gasteiger partial charge in [-0.3, -0.25) is 9.48 Å². The molecule has 0 radical (unpaired) electrons. The summed E-state index contributed by atoms with van der Waals surface area (Å²) in [6.07, 6.45) is 4.91. The molecular weight excluding hydrogens is 398 g/mol. The van der Waals surface area contributed by atoms with Crippen molar-refractivity contribution < 1.29 is 4.42 Å². The van der Waals surface area contributed by atoms with Crippen LogP contribution in [0.2, 0.25) is 0 Å². The standard InChI is InChI=1S/C27H23N3O2/c1-30-22-13-12-20-24(31)23(17-8-10-19(11-9-17)27(28)14-5-15-27)25(18-6-3-2-4-7-18)32-26(20)21(22)16-29-30/h2-4,6-13,16H,5,14-15,28H2,1H3. The number of rotatable bonds is 3. The summed E-state index contributed by atoms with van der Waals surface area (Å²) < 4.78 is 8.28. The lowest BCUT2D eigenvalue weighted by Gasteiger charge is -2.38. The summed E-state index contributed by atoms with van der Waals surface area (Å²) in [6, 6.07) is 21.6. The van der Waals surface area contributed by atoms with E-state index in [1.807, 2.05) is 61.6 Å². The Morgan fingerprint density at radius 3 is 2.38 bits per heavy atom. The van der Waals surface area contributed by atoms with Gasteiger partial charge in [-0.05, 0) is 42.5 Å². The number of fused-ring (bicyclic) bond motifs is 3. The number of hydrogen-bond acceptors (Lipinski definition) is 4. The number of aryl methyl sites for hydroxylation is 1. The van der Waals surface area contributed by atoms with Crippen LogP contribution in [0.1, 0.15) is 24.8 Å². The lowest BCUT2D eigenvalue weighted by atomic mass is 9.72. The highest BCUT2D eigenvalue weighted by molar-refractivity contribution is 6.04. The molecule has 1 aliphatic carbocycles. The molecule has 3 aromatic carbocycles. The Kier molecular flexibility index (Phi) is 4.10. The van der Waals surface area contributed by atoms with Crippen molar-refractivity contribution in [3.63, 3.8) is 0 Å². The molecule has 6 rings (SSSR count). The van der Waals surface area contributed by atoms with Crippen molar-refractivity contribution >= 4 is 21.9 Å². The van der Waals surface area contributed by atoms with E-state index < -0.39 is 0 Å². The second kappa shape index (κ2) is 6.90. The van der Waals surface area contributed by atoms with Crippen LogP contribution in [0.3, 0.4) is 0 Å². The Morgan fingerprint density at radius 1 is 0.938 bits per heavy atom. The molecule has 0 amide bonds. The van der Waals surface area contributed by atoms with Crippen LogP contribution in [0, 0.1) is 0 Å². The molecule has 2 N–H and O–H groups in total. The van der Waals surface area contributed by atoms with Gasteiger partial charge in [-0.15, -0.1) is 0 Å². The maximum atomic E-state index is 13.8. The van der Waals surface area contributed by atoms with E-state index in [0.29, 0.717) is 22.3 Å². The number of benzene rings is 3. The van der Waals surface area contributed by atoms with Crippen molar-refractivity contribution in [3.05, 3.63) is 88.7 Å². The Hall–Kier alpha value is -3.70. The smallest absolute Gasteiger partial charge is 0.201 e. The van der Waals surface area contributed by atoms with Gasteiger partial charge in [0.1, 0.15) is 11.3 Å². The van der Waals surface area contributed by atoms with Crippen LogP contribution in [-0.4, -0.2) is 9.78 Å². The molecule has 0 bridgehead atoms. The summed E-state index contributed by atoms with van der Waals surface area (Å²) in [5.74, 6) is 0.568. The minimum Gasteiger partial charge on any atom is -0.454 e. The average Bonchev–Trinajstić information content (AvgIpc) is 3.19. The van der Waals surface area contributed by atoms with Gasteiger partial charge in [-0.1, -0.05) is 54.6 Å². The van der Waals surface area contributed by atoms with Crippen molar-refractivity contribution in [1.29, 1.82) is 0 Å². The first-order valence-electron chi connectivity index (χ1n) is 10.9. The summed E-state index contributed by atoms with van der Waals surface area (Å²) in [7, 11) is 1.88. The molecule has 1 aliphatic rings. The van der Waals surface area contributed by atoms with E-state index in [9.17, 15) is 4.79 Å². The molecule has 32 heavy (non-hydrogen) atoms. The molecule has 2 aromatic heterocycles. The second-order valence-electron chi connectivity index (χ2n) is 8.73. The second-order valence-corrected chi connectivity index (χ2v) is 8.73. The Morgan fingerprint density at radius 2 is 1.69 bits per heavy atom. The molecule has 0 aliphatic heterocycles. The van der Waals surface area contributed by atoms with E-state index in [4.69, 9.17) is 10.2 Å². The van der Waals surface area contributed by atoms with Gasteiger partial charge >= 0.3 is 0 Å². The first-order chi connectivity index (χ1) is 15.5. The van der Waals surface area contributed by atoms with Gasteiger partial charge in [0.25, 0.3) is 0 Å². The van der Waals surface area contributed by atoms with Gasteiger partial charge in [-0.2, -0.15) is 5.10 Å². The molecule has 0 saturated heterocycles. The van der Waals surface area contributed by atoms with Gasteiger partial charge in [-0.25, -0.2) is 0 Å². The molecule has 0 atom stereocenters. The summed E-state index contributed by atoms with van der Waals surface area (Å²) in [6.45, 7) is 0.